The lowest BCUT2D eigenvalue weighted by molar-refractivity contribution is 0.481. The van der Waals surface area contributed by atoms with Gasteiger partial charge in [-0.25, -0.2) is 8.78 Å². The average molecular weight is 184 g/mol. The largest absolute Gasteiger partial charge is 0.204 e. The molecule has 0 N–H and O–H groups in total. The van der Waals surface area contributed by atoms with E-state index in [1.807, 2.05) is 13.8 Å². The van der Waals surface area contributed by atoms with Crippen LogP contribution in [0.2, 0.25) is 0 Å². The van der Waals surface area contributed by atoms with E-state index in [2.05, 4.69) is 0 Å². The summed E-state index contributed by atoms with van der Waals surface area (Å²) in [6, 6.07) is 4.38. The van der Waals surface area contributed by atoms with E-state index >= 15 is 0 Å². The van der Waals surface area contributed by atoms with Gasteiger partial charge in [0.1, 0.15) is 0 Å². The first kappa shape index (κ1) is 10.2. The second kappa shape index (κ2) is 4.35. The van der Waals surface area contributed by atoms with Crippen molar-refractivity contribution in [1.29, 1.82) is 0 Å². The highest BCUT2D eigenvalue weighted by atomic mass is 19.2. The van der Waals surface area contributed by atoms with E-state index in [0.29, 0.717) is 5.56 Å². The molecule has 0 aliphatic rings. The summed E-state index contributed by atoms with van der Waals surface area (Å²) in [4.78, 5) is 0. The van der Waals surface area contributed by atoms with Crippen LogP contribution >= 0.6 is 0 Å². The molecule has 0 heterocycles. The standard InChI is InChI=1S/C11H14F2/c1-3-8(4-2)9-6-5-7-10(12)11(9)13/h5-8H,3-4H2,1-2H3. The second-order valence-electron chi connectivity index (χ2n) is 3.16. The molecule has 0 amide bonds. The minimum absolute atomic E-state index is 0.135. The zero-order chi connectivity index (χ0) is 9.84. The fourth-order valence-electron chi connectivity index (χ4n) is 1.56. The Kier molecular flexibility index (Phi) is 3.40. The van der Waals surface area contributed by atoms with E-state index in [0.717, 1.165) is 18.9 Å². The van der Waals surface area contributed by atoms with E-state index in [1.54, 1.807) is 12.1 Å². The van der Waals surface area contributed by atoms with Gasteiger partial charge in [-0.15, -0.1) is 0 Å². The van der Waals surface area contributed by atoms with Crippen LogP contribution in [0.3, 0.4) is 0 Å². The van der Waals surface area contributed by atoms with Crippen molar-refractivity contribution in [2.45, 2.75) is 32.6 Å². The minimum Gasteiger partial charge on any atom is -0.204 e. The van der Waals surface area contributed by atoms with Gasteiger partial charge in [0.25, 0.3) is 0 Å². The summed E-state index contributed by atoms with van der Waals surface area (Å²) in [5, 5.41) is 0. The summed E-state index contributed by atoms with van der Waals surface area (Å²) < 4.78 is 26.1. The highest BCUT2D eigenvalue weighted by Gasteiger charge is 2.14. The van der Waals surface area contributed by atoms with Crippen LogP contribution in [0.15, 0.2) is 18.2 Å². The van der Waals surface area contributed by atoms with Crippen molar-refractivity contribution in [1.82, 2.24) is 0 Å². The maximum Gasteiger partial charge on any atom is 0.162 e. The summed E-state index contributed by atoms with van der Waals surface area (Å²) in [7, 11) is 0. The summed E-state index contributed by atoms with van der Waals surface area (Å²) in [6.07, 6.45) is 1.69. The molecule has 0 spiro atoms. The van der Waals surface area contributed by atoms with Crippen molar-refractivity contribution in [3.63, 3.8) is 0 Å². The second-order valence-corrected chi connectivity index (χ2v) is 3.16. The molecule has 0 unspecified atom stereocenters. The molecular weight excluding hydrogens is 170 g/mol. The van der Waals surface area contributed by atoms with Gasteiger partial charge in [-0.1, -0.05) is 26.0 Å². The molecular formula is C11H14F2. The van der Waals surface area contributed by atoms with Crippen LogP contribution in [-0.2, 0) is 0 Å². The van der Waals surface area contributed by atoms with Crippen LogP contribution in [0.5, 0.6) is 0 Å². The Hall–Kier alpha value is -0.920. The maximum atomic E-state index is 13.3. The predicted octanol–water partition coefficient (Wildman–Crippen LogP) is 3.87. The van der Waals surface area contributed by atoms with Gasteiger partial charge < -0.3 is 0 Å². The van der Waals surface area contributed by atoms with Crippen LogP contribution in [0.25, 0.3) is 0 Å². The quantitative estimate of drug-likeness (QED) is 0.669. The van der Waals surface area contributed by atoms with Crippen LogP contribution in [0.4, 0.5) is 8.78 Å². The number of hydrogen-bond acceptors (Lipinski definition) is 0. The van der Waals surface area contributed by atoms with Gasteiger partial charge in [-0.3, -0.25) is 0 Å². The lowest BCUT2D eigenvalue weighted by Crippen LogP contribution is -2.00. The normalized spacial score (nSPS) is 10.8. The Morgan fingerprint density at radius 3 is 2.31 bits per heavy atom. The van der Waals surface area contributed by atoms with Crippen LogP contribution in [-0.4, -0.2) is 0 Å². The molecule has 0 nitrogen and oxygen atoms in total. The molecule has 1 aromatic carbocycles. The lowest BCUT2D eigenvalue weighted by atomic mass is 9.93. The molecule has 0 atom stereocenters. The van der Waals surface area contributed by atoms with E-state index in [4.69, 9.17) is 0 Å². The van der Waals surface area contributed by atoms with Gasteiger partial charge in [-0.2, -0.15) is 0 Å². The van der Waals surface area contributed by atoms with Crippen molar-refractivity contribution < 1.29 is 8.78 Å². The first-order valence-corrected chi connectivity index (χ1v) is 4.64. The molecule has 0 saturated carbocycles. The highest BCUT2D eigenvalue weighted by molar-refractivity contribution is 5.22. The van der Waals surface area contributed by atoms with E-state index in [9.17, 15) is 8.78 Å². The first-order valence-electron chi connectivity index (χ1n) is 4.64. The molecule has 1 aromatic rings. The summed E-state index contributed by atoms with van der Waals surface area (Å²) in [6.45, 7) is 3.97. The summed E-state index contributed by atoms with van der Waals surface area (Å²) >= 11 is 0. The van der Waals surface area contributed by atoms with Gasteiger partial charge in [0.15, 0.2) is 11.6 Å². The average Bonchev–Trinajstić information content (AvgIpc) is 2.14. The Morgan fingerprint density at radius 1 is 1.15 bits per heavy atom. The molecule has 2 heteroatoms. The van der Waals surface area contributed by atoms with Gasteiger partial charge in [0.2, 0.25) is 0 Å². The van der Waals surface area contributed by atoms with Crippen molar-refractivity contribution in [3.8, 4) is 0 Å². The SMILES string of the molecule is CCC(CC)c1cccc(F)c1F. The van der Waals surface area contributed by atoms with E-state index in [-0.39, 0.29) is 5.92 Å². The molecule has 0 bridgehead atoms. The predicted molar refractivity (Wildman–Crippen MR) is 49.7 cm³/mol. The van der Waals surface area contributed by atoms with E-state index in [1.165, 1.54) is 0 Å². The fourth-order valence-corrected chi connectivity index (χ4v) is 1.56. The number of benzene rings is 1. The molecule has 0 aliphatic carbocycles. The Labute approximate surface area is 77.6 Å². The lowest BCUT2D eigenvalue weighted by Gasteiger charge is -2.13. The third-order valence-corrected chi connectivity index (χ3v) is 2.41. The third-order valence-electron chi connectivity index (χ3n) is 2.41. The van der Waals surface area contributed by atoms with Gasteiger partial charge >= 0.3 is 0 Å². The first-order chi connectivity index (χ1) is 6.20. The number of hydrogen-bond donors (Lipinski definition) is 0. The summed E-state index contributed by atoms with van der Waals surface area (Å²) in [5.74, 6) is -1.30. The van der Waals surface area contributed by atoms with Crippen molar-refractivity contribution >= 4 is 0 Å². The zero-order valence-electron chi connectivity index (χ0n) is 7.98. The zero-order valence-corrected chi connectivity index (χ0v) is 7.98. The molecule has 0 saturated heterocycles. The molecule has 0 aromatic heterocycles. The molecule has 0 radical (unpaired) electrons. The molecule has 0 fully saturated rings. The topological polar surface area (TPSA) is 0 Å². The Morgan fingerprint density at radius 2 is 1.77 bits per heavy atom. The smallest absolute Gasteiger partial charge is 0.162 e. The van der Waals surface area contributed by atoms with Crippen LogP contribution < -0.4 is 0 Å². The number of halogens is 2. The summed E-state index contributed by atoms with van der Waals surface area (Å²) in [5.41, 5.74) is 0.505. The fraction of sp³-hybridized carbons (Fsp3) is 0.455. The van der Waals surface area contributed by atoms with E-state index < -0.39 is 11.6 Å². The molecule has 72 valence electrons. The third kappa shape index (κ3) is 2.06. The monoisotopic (exact) mass is 184 g/mol. The van der Waals surface area contributed by atoms with Crippen molar-refractivity contribution in [2.24, 2.45) is 0 Å². The van der Waals surface area contributed by atoms with Crippen LogP contribution in [0.1, 0.15) is 38.2 Å². The highest BCUT2D eigenvalue weighted by Crippen LogP contribution is 2.26. The maximum absolute atomic E-state index is 13.3. The van der Waals surface area contributed by atoms with Gasteiger partial charge in [-0.05, 0) is 30.4 Å². The molecule has 13 heavy (non-hydrogen) atoms. The van der Waals surface area contributed by atoms with Crippen LogP contribution in [0, 0.1) is 11.6 Å². The Bertz CT molecular complexity index is 277. The Balaban J connectivity index is 3.05. The number of rotatable bonds is 3. The van der Waals surface area contributed by atoms with Crippen molar-refractivity contribution in [2.75, 3.05) is 0 Å². The van der Waals surface area contributed by atoms with Crippen molar-refractivity contribution in [3.05, 3.63) is 35.4 Å². The van der Waals surface area contributed by atoms with Gasteiger partial charge in [0.05, 0.1) is 0 Å². The molecule has 0 aliphatic heterocycles. The van der Waals surface area contributed by atoms with Gasteiger partial charge in [0, 0.05) is 0 Å². The molecule has 1 rings (SSSR count). The minimum atomic E-state index is -0.746.